The van der Waals surface area contributed by atoms with Crippen LogP contribution in [-0.2, 0) is 9.84 Å². The minimum absolute atomic E-state index is 0.0112. The maximum atomic E-state index is 12.1. The number of hydrogen-bond donors (Lipinski definition) is 1. The molecule has 0 radical (unpaired) electrons. The van der Waals surface area contributed by atoms with Gasteiger partial charge in [0.1, 0.15) is 0 Å². The van der Waals surface area contributed by atoms with Gasteiger partial charge < -0.3 is 5.32 Å². The fourth-order valence-electron chi connectivity index (χ4n) is 1.66. The van der Waals surface area contributed by atoms with E-state index in [0.717, 1.165) is 5.69 Å². The van der Waals surface area contributed by atoms with Crippen molar-refractivity contribution >= 4 is 38.7 Å². The van der Waals surface area contributed by atoms with Crippen molar-refractivity contribution in [3.8, 4) is 0 Å². The lowest BCUT2D eigenvalue weighted by Crippen LogP contribution is -2.15. The van der Waals surface area contributed by atoms with Crippen molar-refractivity contribution in [1.82, 2.24) is 0 Å². The Bertz CT molecular complexity index is 667. The lowest BCUT2D eigenvalue weighted by molar-refractivity contribution is 0.596. The van der Waals surface area contributed by atoms with E-state index in [1.165, 1.54) is 12.1 Å². The number of hydrogen-bond acceptors (Lipinski definition) is 3. The summed E-state index contributed by atoms with van der Waals surface area (Å²) in [4.78, 5) is 0.278. The fourth-order valence-corrected chi connectivity index (χ4v) is 3.07. The van der Waals surface area contributed by atoms with Crippen LogP contribution in [0.25, 0.3) is 0 Å². The molecule has 0 aliphatic carbocycles. The normalized spacial score (nSPS) is 11.3. The summed E-state index contributed by atoms with van der Waals surface area (Å²) in [6.07, 6.45) is 0. The maximum absolute atomic E-state index is 12.1. The highest BCUT2D eigenvalue weighted by molar-refractivity contribution is 7.91. The second-order valence-corrected chi connectivity index (χ2v) is 7.19. The van der Waals surface area contributed by atoms with Crippen molar-refractivity contribution in [2.24, 2.45) is 0 Å². The van der Waals surface area contributed by atoms with Crippen molar-refractivity contribution in [3.63, 3.8) is 0 Å². The molecule has 0 amide bonds. The minimum Gasteiger partial charge on any atom is -0.384 e. The molecular formula is C14H13Cl2NO2S. The summed E-state index contributed by atoms with van der Waals surface area (Å²) in [5.41, 5.74) is 0.834. The molecular weight excluding hydrogens is 317 g/mol. The molecule has 2 aromatic carbocycles. The predicted molar refractivity (Wildman–Crippen MR) is 83.4 cm³/mol. The van der Waals surface area contributed by atoms with Gasteiger partial charge in [0.15, 0.2) is 9.84 Å². The van der Waals surface area contributed by atoms with Gasteiger partial charge in [0.25, 0.3) is 0 Å². The van der Waals surface area contributed by atoms with Crippen LogP contribution in [0.4, 0.5) is 5.69 Å². The van der Waals surface area contributed by atoms with Gasteiger partial charge in [0, 0.05) is 22.3 Å². The highest BCUT2D eigenvalue weighted by Crippen LogP contribution is 2.16. The molecule has 0 fully saturated rings. The maximum Gasteiger partial charge on any atom is 0.180 e. The minimum atomic E-state index is -3.30. The Balaban J connectivity index is 1.96. The zero-order valence-electron chi connectivity index (χ0n) is 10.5. The van der Waals surface area contributed by atoms with Gasteiger partial charge in [-0.2, -0.15) is 0 Å². The molecule has 2 aromatic rings. The third kappa shape index (κ3) is 4.13. The van der Waals surface area contributed by atoms with Crippen molar-refractivity contribution in [1.29, 1.82) is 0 Å². The quantitative estimate of drug-likeness (QED) is 0.905. The van der Waals surface area contributed by atoms with Crippen LogP contribution >= 0.6 is 23.2 Å². The van der Waals surface area contributed by atoms with Crippen LogP contribution in [0.15, 0.2) is 53.4 Å². The monoisotopic (exact) mass is 329 g/mol. The van der Waals surface area contributed by atoms with Crippen molar-refractivity contribution in [3.05, 3.63) is 58.6 Å². The Morgan fingerprint density at radius 2 is 1.35 bits per heavy atom. The summed E-state index contributed by atoms with van der Waals surface area (Å²) < 4.78 is 24.2. The summed E-state index contributed by atoms with van der Waals surface area (Å²) >= 11 is 11.5. The third-order valence-corrected chi connectivity index (χ3v) is 4.95. The van der Waals surface area contributed by atoms with E-state index < -0.39 is 9.84 Å². The predicted octanol–water partition coefficient (Wildman–Crippen LogP) is 3.88. The number of rotatable bonds is 5. The van der Waals surface area contributed by atoms with E-state index >= 15 is 0 Å². The molecule has 2 rings (SSSR count). The summed E-state index contributed by atoms with van der Waals surface area (Å²) in [7, 11) is -3.30. The molecule has 0 bridgehead atoms. The first-order valence-corrected chi connectivity index (χ1v) is 8.36. The molecule has 0 spiro atoms. The molecule has 20 heavy (non-hydrogen) atoms. The van der Waals surface area contributed by atoms with Crippen molar-refractivity contribution < 1.29 is 8.42 Å². The Morgan fingerprint density at radius 3 is 1.90 bits per heavy atom. The molecule has 0 aliphatic rings. The van der Waals surface area contributed by atoms with Gasteiger partial charge >= 0.3 is 0 Å². The van der Waals surface area contributed by atoms with Crippen LogP contribution in [0, 0.1) is 0 Å². The second-order valence-electron chi connectivity index (χ2n) is 4.21. The Hall–Kier alpha value is -1.23. The number of anilines is 1. The molecule has 6 heteroatoms. The number of nitrogens with one attached hydrogen (secondary N) is 1. The highest BCUT2D eigenvalue weighted by atomic mass is 35.5. The third-order valence-electron chi connectivity index (χ3n) is 2.72. The van der Waals surface area contributed by atoms with Gasteiger partial charge in [0.2, 0.25) is 0 Å². The Kier molecular flexibility index (Phi) is 4.91. The van der Waals surface area contributed by atoms with Gasteiger partial charge in [-0.15, -0.1) is 0 Å². The topological polar surface area (TPSA) is 46.2 Å². The zero-order valence-corrected chi connectivity index (χ0v) is 12.8. The van der Waals surface area contributed by atoms with Crippen LogP contribution in [0.3, 0.4) is 0 Å². The van der Waals surface area contributed by atoms with E-state index in [9.17, 15) is 8.42 Å². The van der Waals surface area contributed by atoms with Gasteiger partial charge in [0.05, 0.1) is 10.6 Å². The number of sulfone groups is 1. The molecule has 1 N–H and O–H groups in total. The Labute approximate surface area is 128 Å². The fraction of sp³-hybridized carbons (Fsp3) is 0.143. The average molecular weight is 330 g/mol. The first-order chi connectivity index (χ1) is 9.47. The van der Waals surface area contributed by atoms with E-state index in [2.05, 4.69) is 5.32 Å². The van der Waals surface area contributed by atoms with Gasteiger partial charge in [-0.05, 0) is 48.5 Å². The molecule has 0 saturated carbocycles. The smallest absolute Gasteiger partial charge is 0.180 e. The molecule has 0 heterocycles. The standard InChI is InChI=1S/C14H13Cl2NO2S/c15-11-1-5-13(6-2-11)17-9-10-20(18,19)14-7-3-12(16)4-8-14/h1-8,17H,9-10H2. The molecule has 0 aliphatic heterocycles. The van der Waals surface area contributed by atoms with E-state index in [1.807, 2.05) is 0 Å². The van der Waals surface area contributed by atoms with E-state index in [1.54, 1.807) is 36.4 Å². The molecule has 0 saturated heterocycles. The first-order valence-electron chi connectivity index (χ1n) is 5.95. The summed E-state index contributed by atoms with van der Waals surface area (Å²) in [5, 5.41) is 4.21. The van der Waals surface area contributed by atoms with Crippen LogP contribution in [-0.4, -0.2) is 20.7 Å². The highest BCUT2D eigenvalue weighted by Gasteiger charge is 2.13. The van der Waals surface area contributed by atoms with E-state index in [0.29, 0.717) is 16.6 Å². The van der Waals surface area contributed by atoms with E-state index in [4.69, 9.17) is 23.2 Å². The van der Waals surface area contributed by atoms with Gasteiger partial charge in [-0.25, -0.2) is 8.42 Å². The summed E-state index contributed by atoms with van der Waals surface area (Å²) in [5.74, 6) is 0.0112. The molecule has 0 unspecified atom stereocenters. The lowest BCUT2D eigenvalue weighted by atomic mass is 10.3. The molecule has 3 nitrogen and oxygen atoms in total. The summed E-state index contributed by atoms with van der Waals surface area (Å²) in [6, 6.07) is 13.3. The second kappa shape index (κ2) is 6.48. The molecule has 106 valence electrons. The van der Waals surface area contributed by atoms with Gasteiger partial charge in [-0.3, -0.25) is 0 Å². The van der Waals surface area contributed by atoms with Crippen molar-refractivity contribution in [2.45, 2.75) is 4.90 Å². The Morgan fingerprint density at radius 1 is 0.850 bits per heavy atom. The van der Waals surface area contributed by atoms with Crippen LogP contribution in [0.1, 0.15) is 0 Å². The SMILES string of the molecule is O=S(=O)(CCNc1ccc(Cl)cc1)c1ccc(Cl)cc1. The lowest BCUT2D eigenvalue weighted by Gasteiger charge is -2.07. The molecule has 0 atom stereocenters. The first kappa shape index (κ1) is 15.2. The molecule has 0 aromatic heterocycles. The van der Waals surface area contributed by atoms with Crippen LogP contribution in [0.5, 0.6) is 0 Å². The number of benzene rings is 2. The van der Waals surface area contributed by atoms with Crippen LogP contribution < -0.4 is 5.32 Å². The van der Waals surface area contributed by atoms with Crippen LogP contribution in [0.2, 0.25) is 10.0 Å². The largest absolute Gasteiger partial charge is 0.384 e. The zero-order chi connectivity index (χ0) is 14.6. The average Bonchev–Trinajstić information content (AvgIpc) is 2.41. The van der Waals surface area contributed by atoms with Gasteiger partial charge in [-0.1, -0.05) is 23.2 Å². The van der Waals surface area contributed by atoms with Crippen molar-refractivity contribution in [2.75, 3.05) is 17.6 Å². The van der Waals surface area contributed by atoms with E-state index in [-0.39, 0.29) is 10.6 Å². The summed E-state index contributed by atoms with van der Waals surface area (Å²) in [6.45, 7) is 0.326. The number of halogens is 2.